The number of hydrogen-bond donors (Lipinski definition) is 1. The summed E-state index contributed by atoms with van der Waals surface area (Å²) in [4.78, 5) is 0. The predicted octanol–water partition coefficient (Wildman–Crippen LogP) is 2.71. The molecule has 1 aromatic rings. The highest BCUT2D eigenvalue weighted by Crippen LogP contribution is 2.41. The average molecular weight is 255 g/mol. The first kappa shape index (κ1) is 13.0. The van der Waals surface area contributed by atoms with E-state index in [-0.39, 0.29) is 5.75 Å². The molecule has 1 rings (SSSR count). The number of nitrogens with two attached hydrogens (primary N) is 1. The van der Waals surface area contributed by atoms with Crippen LogP contribution in [0.4, 0.5) is 13.2 Å². The van der Waals surface area contributed by atoms with Gasteiger partial charge in [0.1, 0.15) is 5.75 Å². The molecule has 16 heavy (non-hydrogen) atoms. The second-order valence-electron chi connectivity index (χ2n) is 2.83. The van der Waals surface area contributed by atoms with Crippen LogP contribution in [-0.4, -0.2) is 12.8 Å². The van der Waals surface area contributed by atoms with Gasteiger partial charge in [0.25, 0.3) is 0 Å². The molecular formula is C8H9F3NO3P. The number of hydrogen-bond acceptors (Lipinski definition) is 3. The highest BCUT2D eigenvalue weighted by molar-refractivity contribution is 7.51. The van der Waals surface area contributed by atoms with Crippen LogP contribution in [0, 0.1) is 0 Å². The lowest BCUT2D eigenvalue weighted by Crippen LogP contribution is -2.19. The van der Waals surface area contributed by atoms with Crippen molar-refractivity contribution in [1.29, 1.82) is 0 Å². The maximum absolute atomic E-state index is 11.8. The Hall–Kier alpha value is -1.04. The van der Waals surface area contributed by atoms with Crippen LogP contribution in [0.1, 0.15) is 0 Å². The monoisotopic (exact) mass is 255 g/mol. The molecule has 0 saturated carbocycles. The Morgan fingerprint density at radius 2 is 1.81 bits per heavy atom. The van der Waals surface area contributed by atoms with Crippen LogP contribution in [0.25, 0.3) is 0 Å². The number of para-hydroxylation sites is 1. The molecule has 90 valence electrons. The van der Waals surface area contributed by atoms with Gasteiger partial charge in [-0.3, -0.25) is 4.52 Å². The zero-order valence-electron chi connectivity index (χ0n) is 7.98. The average Bonchev–Trinajstić information content (AvgIpc) is 2.15. The molecule has 2 N–H and O–H groups in total. The second-order valence-corrected chi connectivity index (χ2v) is 4.35. The van der Waals surface area contributed by atoms with Gasteiger partial charge in [0.2, 0.25) is 0 Å². The van der Waals surface area contributed by atoms with Crippen LogP contribution < -0.4 is 10.0 Å². The van der Waals surface area contributed by atoms with E-state index in [1.54, 1.807) is 18.2 Å². The SMILES string of the molecule is N[P@](=O)(OCC(F)(F)F)Oc1ccccc1. The van der Waals surface area contributed by atoms with Gasteiger partial charge in [-0.05, 0) is 12.1 Å². The smallest absolute Gasteiger partial charge is 0.413 e. The molecule has 0 aliphatic carbocycles. The summed E-state index contributed by atoms with van der Waals surface area (Å²) in [5, 5.41) is 0. The Kier molecular flexibility index (Phi) is 3.96. The highest BCUT2D eigenvalue weighted by Gasteiger charge is 2.33. The van der Waals surface area contributed by atoms with Crippen molar-refractivity contribution < 1.29 is 26.8 Å². The summed E-state index contributed by atoms with van der Waals surface area (Å²) >= 11 is 0. The first-order valence-electron chi connectivity index (χ1n) is 4.13. The molecule has 1 aromatic carbocycles. The summed E-state index contributed by atoms with van der Waals surface area (Å²) in [6, 6.07) is 7.57. The van der Waals surface area contributed by atoms with E-state index in [1.807, 2.05) is 0 Å². The maximum atomic E-state index is 11.8. The van der Waals surface area contributed by atoms with E-state index in [9.17, 15) is 17.7 Å². The van der Waals surface area contributed by atoms with Crippen molar-refractivity contribution in [3.05, 3.63) is 30.3 Å². The molecule has 0 heterocycles. The molecule has 1 atom stereocenters. The normalized spacial score (nSPS) is 15.5. The number of rotatable bonds is 4. The van der Waals surface area contributed by atoms with E-state index < -0.39 is 20.5 Å². The fraction of sp³-hybridized carbons (Fsp3) is 0.250. The van der Waals surface area contributed by atoms with Crippen LogP contribution in [0.3, 0.4) is 0 Å². The zero-order valence-corrected chi connectivity index (χ0v) is 8.87. The van der Waals surface area contributed by atoms with Gasteiger partial charge < -0.3 is 4.52 Å². The summed E-state index contributed by atoms with van der Waals surface area (Å²) in [7, 11) is -4.23. The van der Waals surface area contributed by atoms with E-state index in [0.717, 1.165) is 0 Å². The predicted molar refractivity (Wildman–Crippen MR) is 50.9 cm³/mol. The summed E-state index contributed by atoms with van der Waals surface area (Å²) < 4.78 is 55.2. The van der Waals surface area contributed by atoms with Gasteiger partial charge in [0.05, 0.1) is 0 Å². The molecule has 0 radical (unpaired) electrons. The molecule has 0 unspecified atom stereocenters. The highest BCUT2D eigenvalue weighted by atomic mass is 31.2. The van der Waals surface area contributed by atoms with Gasteiger partial charge in [-0.15, -0.1) is 0 Å². The third-order valence-corrected chi connectivity index (χ3v) is 2.34. The molecule has 8 heteroatoms. The van der Waals surface area contributed by atoms with E-state index in [0.29, 0.717) is 0 Å². The number of halogens is 3. The second kappa shape index (κ2) is 4.86. The Morgan fingerprint density at radius 1 is 1.25 bits per heavy atom. The first-order chi connectivity index (χ1) is 7.29. The minimum absolute atomic E-state index is 0.0792. The van der Waals surface area contributed by atoms with Crippen molar-refractivity contribution in [2.45, 2.75) is 6.18 Å². The summed E-state index contributed by atoms with van der Waals surface area (Å²) in [5.74, 6) is 0.0792. The van der Waals surface area contributed by atoms with Crippen molar-refractivity contribution in [3.63, 3.8) is 0 Å². The van der Waals surface area contributed by atoms with Crippen LogP contribution in [0.5, 0.6) is 5.75 Å². The summed E-state index contributed by atoms with van der Waals surface area (Å²) in [5.41, 5.74) is 4.97. The Balaban J connectivity index is 2.56. The van der Waals surface area contributed by atoms with E-state index in [1.165, 1.54) is 12.1 Å². The molecule has 0 fully saturated rings. The topological polar surface area (TPSA) is 61.6 Å². The lowest BCUT2D eigenvalue weighted by molar-refractivity contribution is -0.154. The molecule has 0 saturated heterocycles. The number of alkyl halides is 3. The van der Waals surface area contributed by atoms with Gasteiger partial charge in [0.15, 0.2) is 6.61 Å². The van der Waals surface area contributed by atoms with Crippen LogP contribution in [0.2, 0.25) is 0 Å². The molecule has 0 amide bonds. The Bertz CT molecular complexity index is 382. The molecular weight excluding hydrogens is 246 g/mol. The van der Waals surface area contributed by atoms with E-state index in [2.05, 4.69) is 9.05 Å². The molecule has 4 nitrogen and oxygen atoms in total. The van der Waals surface area contributed by atoms with Crippen LogP contribution >= 0.6 is 7.75 Å². The fourth-order valence-corrected chi connectivity index (χ4v) is 1.61. The maximum Gasteiger partial charge on any atom is 0.456 e. The minimum atomic E-state index is -4.60. The van der Waals surface area contributed by atoms with Crippen molar-refractivity contribution >= 4 is 7.75 Å². The Labute approximate surface area is 89.7 Å². The molecule has 0 aliphatic rings. The molecule has 0 spiro atoms. The number of benzene rings is 1. The van der Waals surface area contributed by atoms with Gasteiger partial charge in [-0.2, -0.15) is 13.2 Å². The molecule has 0 aromatic heterocycles. The third kappa shape index (κ3) is 5.16. The first-order valence-corrected chi connectivity index (χ1v) is 5.74. The lowest BCUT2D eigenvalue weighted by atomic mass is 10.3. The zero-order chi connectivity index (χ0) is 12.2. The molecule has 0 aliphatic heterocycles. The van der Waals surface area contributed by atoms with Gasteiger partial charge >= 0.3 is 13.9 Å². The van der Waals surface area contributed by atoms with Crippen molar-refractivity contribution in [2.24, 2.45) is 5.50 Å². The molecule has 0 bridgehead atoms. The quantitative estimate of drug-likeness (QED) is 0.840. The van der Waals surface area contributed by atoms with Crippen molar-refractivity contribution in [1.82, 2.24) is 0 Å². The van der Waals surface area contributed by atoms with E-state index in [4.69, 9.17) is 5.50 Å². The van der Waals surface area contributed by atoms with E-state index >= 15 is 0 Å². The van der Waals surface area contributed by atoms with Crippen LogP contribution in [0.15, 0.2) is 30.3 Å². The van der Waals surface area contributed by atoms with Gasteiger partial charge in [0, 0.05) is 0 Å². The minimum Gasteiger partial charge on any atom is -0.413 e. The summed E-state index contributed by atoms with van der Waals surface area (Å²) in [6.07, 6.45) is -4.60. The third-order valence-electron chi connectivity index (χ3n) is 1.38. The van der Waals surface area contributed by atoms with Crippen molar-refractivity contribution in [3.8, 4) is 5.75 Å². The lowest BCUT2D eigenvalue weighted by Gasteiger charge is -2.15. The van der Waals surface area contributed by atoms with Gasteiger partial charge in [-0.1, -0.05) is 18.2 Å². The summed E-state index contributed by atoms with van der Waals surface area (Å²) in [6.45, 7) is -1.71. The Morgan fingerprint density at radius 3 is 2.31 bits per heavy atom. The van der Waals surface area contributed by atoms with Crippen molar-refractivity contribution in [2.75, 3.05) is 6.61 Å². The van der Waals surface area contributed by atoms with Crippen LogP contribution in [-0.2, 0) is 9.09 Å². The fourth-order valence-electron chi connectivity index (χ4n) is 0.818. The standard InChI is InChI=1S/C8H9F3NO3P/c9-8(10,11)6-14-16(12,13)15-7-4-2-1-3-5-7/h1-5H,6H2,(H2,12,13)/t16-/m0/s1. The largest absolute Gasteiger partial charge is 0.456 e. The van der Waals surface area contributed by atoms with Gasteiger partial charge in [-0.25, -0.2) is 10.1 Å².